The van der Waals surface area contributed by atoms with Gasteiger partial charge in [0.1, 0.15) is 0 Å². The Morgan fingerprint density at radius 1 is 1.31 bits per heavy atom. The highest BCUT2D eigenvalue weighted by atomic mass is 32.2. The molecule has 0 aliphatic carbocycles. The van der Waals surface area contributed by atoms with Crippen molar-refractivity contribution in [3.8, 4) is 0 Å². The molecule has 0 aromatic heterocycles. The fourth-order valence-corrected chi connectivity index (χ4v) is 2.85. The molecule has 0 aromatic carbocycles. The third-order valence-corrected chi connectivity index (χ3v) is 3.95. The van der Waals surface area contributed by atoms with E-state index in [4.69, 9.17) is 0 Å². The summed E-state index contributed by atoms with van der Waals surface area (Å²) in [5.41, 5.74) is 0. The minimum absolute atomic E-state index is 0.759. The van der Waals surface area contributed by atoms with Crippen LogP contribution < -0.4 is 5.32 Å². The van der Waals surface area contributed by atoms with Crippen LogP contribution in [-0.2, 0) is 0 Å². The molecule has 96 valence electrons. The van der Waals surface area contributed by atoms with Crippen LogP contribution in [0.25, 0.3) is 0 Å². The van der Waals surface area contributed by atoms with E-state index in [0.29, 0.717) is 0 Å². The van der Waals surface area contributed by atoms with E-state index >= 15 is 0 Å². The van der Waals surface area contributed by atoms with Gasteiger partial charge in [0.05, 0.1) is 0 Å². The maximum absolute atomic E-state index is 3.65. The van der Waals surface area contributed by atoms with Crippen molar-refractivity contribution >= 4 is 11.8 Å². The van der Waals surface area contributed by atoms with Crippen molar-refractivity contribution in [2.45, 2.75) is 45.1 Å². The number of hydrogen-bond acceptors (Lipinski definition) is 3. The Bertz CT molecular complexity index is 158. The molecule has 0 amide bonds. The van der Waals surface area contributed by atoms with Crippen LogP contribution in [0.4, 0.5) is 0 Å². The zero-order valence-electron chi connectivity index (χ0n) is 11.0. The molecule has 1 atom stereocenters. The minimum Gasteiger partial charge on any atom is -0.313 e. The van der Waals surface area contributed by atoms with Gasteiger partial charge in [-0.2, -0.15) is 11.8 Å². The molecule has 1 aliphatic rings. The van der Waals surface area contributed by atoms with Crippen LogP contribution in [-0.4, -0.2) is 49.1 Å². The van der Waals surface area contributed by atoms with Gasteiger partial charge in [0, 0.05) is 12.6 Å². The second-order valence-electron chi connectivity index (χ2n) is 4.79. The zero-order chi connectivity index (χ0) is 11.6. The number of hydrogen-bond donors (Lipinski definition) is 1. The van der Waals surface area contributed by atoms with E-state index in [9.17, 15) is 0 Å². The molecule has 1 aliphatic heterocycles. The Morgan fingerprint density at radius 3 is 2.81 bits per heavy atom. The number of rotatable bonds is 8. The van der Waals surface area contributed by atoms with Crippen molar-refractivity contribution in [2.24, 2.45) is 0 Å². The first-order chi connectivity index (χ1) is 7.86. The maximum Gasteiger partial charge on any atom is 0.0195 e. The van der Waals surface area contributed by atoms with Crippen molar-refractivity contribution in [1.82, 2.24) is 10.2 Å². The van der Waals surface area contributed by atoms with Crippen LogP contribution >= 0.6 is 11.8 Å². The Labute approximate surface area is 106 Å². The van der Waals surface area contributed by atoms with E-state index in [1.165, 1.54) is 64.0 Å². The van der Waals surface area contributed by atoms with Crippen molar-refractivity contribution in [2.75, 3.05) is 38.2 Å². The lowest BCUT2D eigenvalue weighted by Crippen LogP contribution is -2.44. The summed E-state index contributed by atoms with van der Waals surface area (Å²) < 4.78 is 0. The van der Waals surface area contributed by atoms with Gasteiger partial charge in [-0.25, -0.2) is 0 Å². The molecular weight excluding hydrogens is 216 g/mol. The number of nitrogens with one attached hydrogen (secondary N) is 1. The highest BCUT2D eigenvalue weighted by Crippen LogP contribution is 2.09. The first kappa shape index (κ1) is 14.3. The summed E-state index contributed by atoms with van der Waals surface area (Å²) in [7, 11) is 0. The standard InChI is InChI=1S/C13H28N2S/c1-3-9-15(10-6-11-16-2)12-13-7-4-5-8-14-13/h13-14H,3-12H2,1-2H3. The van der Waals surface area contributed by atoms with Gasteiger partial charge >= 0.3 is 0 Å². The summed E-state index contributed by atoms with van der Waals surface area (Å²) in [5.74, 6) is 1.30. The lowest BCUT2D eigenvalue weighted by Gasteiger charge is -2.30. The van der Waals surface area contributed by atoms with E-state index in [2.05, 4.69) is 23.4 Å². The highest BCUT2D eigenvalue weighted by molar-refractivity contribution is 7.98. The topological polar surface area (TPSA) is 15.3 Å². The number of piperidine rings is 1. The Morgan fingerprint density at radius 2 is 2.19 bits per heavy atom. The molecule has 1 unspecified atom stereocenters. The normalized spacial score (nSPS) is 21.6. The van der Waals surface area contributed by atoms with E-state index in [0.717, 1.165) is 6.04 Å². The monoisotopic (exact) mass is 244 g/mol. The van der Waals surface area contributed by atoms with Gasteiger partial charge in [0.2, 0.25) is 0 Å². The smallest absolute Gasteiger partial charge is 0.0195 e. The molecule has 16 heavy (non-hydrogen) atoms. The van der Waals surface area contributed by atoms with Gasteiger partial charge in [0.25, 0.3) is 0 Å². The summed E-state index contributed by atoms with van der Waals surface area (Å²) in [4.78, 5) is 2.65. The van der Waals surface area contributed by atoms with Crippen LogP contribution in [0.15, 0.2) is 0 Å². The Balaban J connectivity index is 2.19. The van der Waals surface area contributed by atoms with E-state index in [1.807, 2.05) is 11.8 Å². The van der Waals surface area contributed by atoms with Gasteiger partial charge in [0.15, 0.2) is 0 Å². The molecule has 1 fully saturated rings. The van der Waals surface area contributed by atoms with Crippen LogP contribution in [0, 0.1) is 0 Å². The zero-order valence-corrected chi connectivity index (χ0v) is 11.8. The summed E-state index contributed by atoms with van der Waals surface area (Å²) in [6, 6.07) is 0.759. The predicted molar refractivity (Wildman–Crippen MR) is 75.4 cm³/mol. The predicted octanol–water partition coefficient (Wildman–Crippen LogP) is 2.59. The first-order valence-corrected chi connectivity index (χ1v) is 8.21. The molecule has 0 bridgehead atoms. The second-order valence-corrected chi connectivity index (χ2v) is 5.78. The van der Waals surface area contributed by atoms with Crippen LogP contribution in [0.3, 0.4) is 0 Å². The Hall–Kier alpha value is 0.270. The average molecular weight is 244 g/mol. The van der Waals surface area contributed by atoms with Crippen molar-refractivity contribution in [3.63, 3.8) is 0 Å². The van der Waals surface area contributed by atoms with Gasteiger partial charge in [-0.3, -0.25) is 0 Å². The molecule has 0 aromatic rings. The summed E-state index contributed by atoms with van der Waals surface area (Å²) in [6.07, 6.45) is 8.99. The minimum atomic E-state index is 0.759. The largest absolute Gasteiger partial charge is 0.313 e. The molecule has 0 saturated carbocycles. The lowest BCUT2D eigenvalue weighted by atomic mass is 10.0. The van der Waals surface area contributed by atoms with Gasteiger partial charge < -0.3 is 10.2 Å². The van der Waals surface area contributed by atoms with E-state index in [1.54, 1.807) is 0 Å². The quantitative estimate of drug-likeness (QED) is 0.661. The fourth-order valence-electron chi connectivity index (χ4n) is 2.43. The van der Waals surface area contributed by atoms with Gasteiger partial charge in [-0.05, 0) is 57.3 Å². The van der Waals surface area contributed by atoms with Crippen LogP contribution in [0.2, 0.25) is 0 Å². The molecular formula is C13H28N2S. The molecule has 1 rings (SSSR count). The lowest BCUT2D eigenvalue weighted by molar-refractivity contribution is 0.225. The molecule has 3 heteroatoms. The summed E-state index contributed by atoms with van der Waals surface area (Å²) >= 11 is 1.97. The Kier molecular flexibility index (Phi) is 8.34. The van der Waals surface area contributed by atoms with Gasteiger partial charge in [-0.15, -0.1) is 0 Å². The molecule has 0 spiro atoms. The maximum atomic E-state index is 3.65. The third kappa shape index (κ3) is 6.12. The number of nitrogens with zero attached hydrogens (tertiary/aromatic N) is 1. The molecule has 0 radical (unpaired) electrons. The van der Waals surface area contributed by atoms with Crippen molar-refractivity contribution in [1.29, 1.82) is 0 Å². The number of thioether (sulfide) groups is 1. The second kappa shape index (κ2) is 9.32. The average Bonchev–Trinajstić information content (AvgIpc) is 2.31. The van der Waals surface area contributed by atoms with E-state index < -0.39 is 0 Å². The van der Waals surface area contributed by atoms with Crippen molar-refractivity contribution in [3.05, 3.63) is 0 Å². The van der Waals surface area contributed by atoms with Crippen LogP contribution in [0.5, 0.6) is 0 Å². The third-order valence-electron chi connectivity index (χ3n) is 3.25. The molecule has 1 heterocycles. The highest BCUT2D eigenvalue weighted by Gasteiger charge is 2.15. The molecule has 2 nitrogen and oxygen atoms in total. The van der Waals surface area contributed by atoms with Gasteiger partial charge in [-0.1, -0.05) is 13.3 Å². The SMILES string of the molecule is CCCN(CCCSC)CC1CCCCN1. The van der Waals surface area contributed by atoms with Crippen LogP contribution in [0.1, 0.15) is 39.0 Å². The van der Waals surface area contributed by atoms with E-state index in [-0.39, 0.29) is 0 Å². The molecule has 1 saturated heterocycles. The molecule has 1 N–H and O–H groups in total. The summed E-state index contributed by atoms with van der Waals surface area (Å²) in [5, 5.41) is 3.65. The first-order valence-electron chi connectivity index (χ1n) is 6.81. The fraction of sp³-hybridized carbons (Fsp3) is 1.00. The van der Waals surface area contributed by atoms with Crippen molar-refractivity contribution < 1.29 is 0 Å². The summed E-state index contributed by atoms with van der Waals surface area (Å²) in [6.45, 7) is 7.34.